The highest BCUT2D eigenvalue weighted by molar-refractivity contribution is 6.32. The van der Waals surface area contributed by atoms with E-state index in [0.29, 0.717) is 0 Å². The van der Waals surface area contributed by atoms with Crippen LogP contribution in [-0.2, 0) is 4.79 Å². The van der Waals surface area contributed by atoms with Crippen molar-refractivity contribution >= 4 is 23.5 Å². The number of halogens is 1. The Bertz CT molecular complexity index is 433. The molecule has 0 saturated carbocycles. The van der Waals surface area contributed by atoms with Gasteiger partial charge in [0, 0.05) is 0 Å². The first-order valence-corrected chi connectivity index (χ1v) is 5.38. The van der Waals surface area contributed by atoms with E-state index in [0.717, 1.165) is 0 Å². The second-order valence-electron chi connectivity index (χ2n) is 4.72. The van der Waals surface area contributed by atoms with Crippen molar-refractivity contribution in [2.75, 3.05) is 0 Å². The number of carbonyl (C=O) groups excluding carboxylic acids is 1. The van der Waals surface area contributed by atoms with E-state index in [1.54, 1.807) is 20.8 Å². The molecule has 0 spiro atoms. The van der Waals surface area contributed by atoms with E-state index in [2.05, 4.69) is 5.32 Å². The third kappa shape index (κ3) is 3.23. The maximum Gasteiger partial charge on any atom is 0.326 e. The highest BCUT2D eigenvalue weighted by Crippen LogP contribution is 2.21. The molecule has 1 rings (SSSR count). The monoisotopic (exact) mass is 259 g/mol. The molecule has 1 atom stereocenters. The third-order valence-corrected chi connectivity index (χ3v) is 2.54. The molecule has 17 heavy (non-hydrogen) atoms. The predicted molar refractivity (Wildman–Crippen MR) is 62.1 cm³/mol. The van der Waals surface area contributed by atoms with E-state index in [9.17, 15) is 9.59 Å². The average Bonchev–Trinajstić information content (AvgIpc) is 2.58. The summed E-state index contributed by atoms with van der Waals surface area (Å²) in [6.07, 6.45) is 1.27. The summed E-state index contributed by atoms with van der Waals surface area (Å²) >= 11 is 5.64. The summed E-state index contributed by atoms with van der Waals surface area (Å²) in [7, 11) is 0. The molecule has 5 nitrogen and oxygen atoms in total. The van der Waals surface area contributed by atoms with Crippen LogP contribution in [-0.4, -0.2) is 23.0 Å². The van der Waals surface area contributed by atoms with Crippen LogP contribution >= 0.6 is 11.6 Å². The number of furan rings is 1. The summed E-state index contributed by atoms with van der Waals surface area (Å²) < 4.78 is 4.77. The van der Waals surface area contributed by atoms with Crippen LogP contribution in [0.2, 0.25) is 5.22 Å². The number of rotatable bonds is 3. The van der Waals surface area contributed by atoms with E-state index >= 15 is 0 Å². The lowest BCUT2D eigenvalue weighted by Crippen LogP contribution is -2.49. The molecule has 0 aliphatic carbocycles. The molecule has 1 aromatic rings. The van der Waals surface area contributed by atoms with Gasteiger partial charge in [0.15, 0.2) is 0 Å². The van der Waals surface area contributed by atoms with Gasteiger partial charge >= 0.3 is 5.97 Å². The molecule has 0 aliphatic rings. The van der Waals surface area contributed by atoms with Crippen molar-refractivity contribution in [3.05, 3.63) is 23.1 Å². The maximum absolute atomic E-state index is 11.8. The Morgan fingerprint density at radius 2 is 2.06 bits per heavy atom. The van der Waals surface area contributed by atoms with E-state index < -0.39 is 23.3 Å². The Morgan fingerprint density at radius 1 is 1.47 bits per heavy atom. The van der Waals surface area contributed by atoms with Crippen LogP contribution in [0.15, 0.2) is 16.7 Å². The molecular formula is C11H14ClNO4. The minimum absolute atomic E-state index is 0.0550. The summed E-state index contributed by atoms with van der Waals surface area (Å²) in [5.74, 6) is -1.66. The number of nitrogens with one attached hydrogen (secondary N) is 1. The second kappa shape index (κ2) is 4.79. The summed E-state index contributed by atoms with van der Waals surface area (Å²) in [5.41, 5.74) is -0.472. The Morgan fingerprint density at radius 3 is 2.41 bits per heavy atom. The summed E-state index contributed by atoms with van der Waals surface area (Å²) in [6.45, 7) is 5.18. The fourth-order valence-corrected chi connectivity index (χ4v) is 1.51. The first-order chi connectivity index (χ1) is 7.73. The van der Waals surface area contributed by atoms with E-state index in [-0.39, 0.29) is 10.8 Å². The van der Waals surface area contributed by atoms with E-state index in [4.69, 9.17) is 21.1 Å². The summed E-state index contributed by atoms with van der Waals surface area (Å²) in [5, 5.41) is 11.4. The van der Waals surface area contributed by atoms with Gasteiger partial charge < -0.3 is 14.8 Å². The molecule has 0 aromatic carbocycles. The van der Waals surface area contributed by atoms with Gasteiger partial charge in [0.05, 0.1) is 11.8 Å². The van der Waals surface area contributed by atoms with Crippen LogP contribution in [0.3, 0.4) is 0 Å². The fourth-order valence-electron chi connectivity index (χ4n) is 1.31. The summed E-state index contributed by atoms with van der Waals surface area (Å²) in [4.78, 5) is 22.8. The lowest BCUT2D eigenvalue weighted by Gasteiger charge is -2.27. The Kier molecular flexibility index (Phi) is 3.83. The molecule has 0 radical (unpaired) electrons. The molecule has 1 unspecified atom stereocenters. The van der Waals surface area contributed by atoms with Crippen molar-refractivity contribution in [1.82, 2.24) is 5.32 Å². The van der Waals surface area contributed by atoms with Crippen LogP contribution in [0.1, 0.15) is 31.1 Å². The largest absolute Gasteiger partial charge is 0.480 e. The molecule has 94 valence electrons. The zero-order valence-electron chi connectivity index (χ0n) is 9.78. The van der Waals surface area contributed by atoms with Crippen LogP contribution in [0, 0.1) is 5.41 Å². The Balaban J connectivity index is 2.86. The number of carboxylic acids is 1. The number of carboxylic acid groups (broad SMARTS) is 1. The maximum atomic E-state index is 11.8. The molecule has 1 amide bonds. The molecule has 2 N–H and O–H groups in total. The number of hydrogen-bond donors (Lipinski definition) is 2. The third-order valence-electron chi connectivity index (χ3n) is 2.25. The molecular weight excluding hydrogens is 246 g/mol. The standard InChI is InChI=1S/C11H14ClNO4/c1-11(2,3)7(10(15)16)13-9(14)6-4-5-17-8(6)12/h4-5,7H,1-3H3,(H,13,14)(H,15,16). The van der Waals surface area contributed by atoms with Crippen molar-refractivity contribution in [3.63, 3.8) is 0 Å². The van der Waals surface area contributed by atoms with Crippen molar-refractivity contribution < 1.29 is 19.1 Å². The molecule has 1 heterocycles. The van der Waals surface area contributed by atoms with Crippen LogP contribution in [0.25, 0.3) is 0 Å². The van der Waals surface area contributed by atoms with Crippen molar-refractivity contribution in [1.29, 1.82) is 0 Å². The van der Waals surface area contributed by atoms with Crippen LogP contribution in [0.5, 0.6) is 0 Å². The van der Waals surface area contributed by atoms with Crippen molar-refractivity contribution in [2.24, 2.45) is 5.41 Å². The molecule has 1 aromatic heterocycles. The van der Waals surface area contributed by atoms with Crippen molar-refractivity contribution in [2.45, 2.75) is 26.8 Å². The smallest absolute Gasteiger partial charge is 0.326 e. The predicted octanol–water partition coefficient (Wildman–Crippen LogP) is 2.16. The van der Waals surface area contributed by atoms with Gasteiger partial charge in [-0.15, -0.1) is 0 Å². The normalized spacial score (nSPS) is 13.2. The van der Waals surface area contributed by atoms with E-state index in [1.165, 1.54) is 12.3 Å². The molecule has 0 aliphatic heterocycles. The van der Waals surface area contributed by atoms with Gasteiger partial charge in [-0.3, -0.25) is 4.79 Å². The molecule has 6 heteroatoms. The highest BCUT2D eigenvalue weighted by atomic mass is 35.5. The van der Waals surface area contributed by atoms with Crippen LogP contribution < -0.4 is 5.32 Å². The second-order valence-corrected chi connectivity index (χ2v) is 5.06. The minimum Gasteiger partial charge on any atom is -0.480 e. The quantitative estimate of drug-likeness (QED) is 0.872. The molecule has 0 bridgehead atoms. The van der Waals surface area contributed by atoms with Gasteiger partial charge in [0.25, 0.3) is 5.91 Å². The highest BCUT2D eigenvalue weighted by Gasteiger charge is 2.33. The van der Waals surface area contributed by atoms with Gasteiger partial charge in [-0.25, -0.2) is 4.79 Å². The molecule has 0 fully saturated rings. The number of aliphatic carboxylic acids is 1. The first kappa shape index (κ1) is 13.6. The minimum atomic E-state index is -1.09. The SMILES string of the molecule is CC(C)(C)C(NC(=O)c1ccoc1Cl)C(=O)O. The van der Waals surface area contributed by atoms with E-state index in [1.807, 2.05) is 0 Å². The lowest BCUT2D eigenvalue weighted by molar-refractivity contribution is -0.142. The number of carbonyl (C=O) groups is 2. The van der Waals surface area contributed by atoms with Gasteiger partial charge in [-0.2, -0.15) is 0 Å². The number of amides is 1. The van der Waals surface area contributed by atoms with Crippen LogP contribution in [0.4, 0.5) is 0 Å². The van der Waals surface area contributed by atoms with Gasteiger partial charge in [-0.1, -0.05) is 20.8 Å². The Hall–Kier alpha value is -1.49. The molecule has 0 saturated heterocycles. The Labute approximate surface area is 104 Å². The van der Waals surface area contributed by atoms with Gasteiger partial charge in [-0.05, 0) is 23.1 Å². The van der Waals surface area contributed by atoms with Crippen molar-refractivity contribution in [3.8, 4) is 0 Å². The van der Waals surface area contributed by atoms with Gasteiger partial charge in [0.2, 0.25) is 5.22 Å². The summed E-state index contributed by atoms with van der Waals surface area (Å²) in [6, 6.07) is 0.389. The fraction of sp³-hybridized carbons (Fsp3) is 0.455. The topological polar surface area (TPSA) is 79.5 Å². The van der Waals surface area contributed by atoms with Gasteiger partial charge in [0.1, 0.15) is 6.04 Å². The zero-order chi connectivity index (χ0) is 13.2. The average molecular weight is 260 g/mol. The lowest BCUT2D eigenvalue weighted by atomic mass is 9.86. The zero-order valence-corrected chi connectivity index (χ0v) is 10.5. The first-order valence-electron chi connectivity index (χ1n) is 5.00. The number of hydrogen-bond acceptors (Lipinski definition) is 3.